The third kappa shape index (κ3) is 5.97. The normalized spacial score (nSPS) is 27.6. The van der Waals surface area contributed by atoms with Crippen molar-refractivity contribution >= 4 is 5.97 Å². The van der Waals surface area contributed by atoms with E-state index in [9.17, 15) is 9.90 Å². The molecule has 0 spiro atoms. The first-order valence-corrected chi connectivity index (χ1v) is 8.24. The smallest absolute Gasteiger partial charge is 0.305 e. The van der Waals surface area contributed by atoms with Crippen LogP contribution in [0.15, 0.2) is 12.8 Å². The largest absolute Gasteiger partial charge is 0.469 e. The molecule has 0 heterocycles. The molecule has 0 aromatic carbocycles. The summed E-state index contributed by atoms with van der Waals surface area (Å²) >= 11 is 0. The summed E-state index contributed by atoms with van der Waals surface area (Å²) in [4.78, 5) is 21.3. The molecule has 1 aliphatic carbocycles. The van der Waals surface area contributed by atoms with Crippen LogP contribution in [0, 0.1) is 17.8 Å². The van der Waals surface area contributed by atoms with Gasteiger partial charge in [0.05, 0.1) is 7.11 Å². The number of carbonyl (C=O) groups excluding carboxylic acids is 1. The Balaban J connectivity index is 2.29. The third-order valence-electron chi connectivity index (χ3n) is 4.72. The van der Waals surface area contributed by atoms with Crippen molar-refractivity contribution in [3.8, 4) is 0 Å². The molecule has 1 saturated carbocycles. The van der Waals surface area contributed by atoms with Crippen molar-refractivity contribution in [1.29, 1.82) is 0 Å². The fraction of sp³-hybridized carbons (Fsp3) is 0.824. The third-order valence-corrected chi connectivity index (χ3v) is 4.72. The molecular formula is C17H30O5. The predicted molar refractivity (Wildman–Crippen MR) is 83.7 cm³/mol. The Kier molecular flexibility index (Phi) is 9.16. The summed E-state index contributed by atoms with van der Waals surface area (Å²) in [5.41, 5.74) is 0. The van der Waals surface area contributed by atoms with Crippen LogP contribution in [0.5, 0.6) is 0 Å². The van der Waals surface area contributed by atoms with Crippen LogP contribution >= 0.6 is 0 Å². The van der Waals surface area contributed by atoms with Crippen molar-refractivity contribution < 1.29 is 24.4 Å². The average molecular weight is 314 g/mol. The Morgan fingerprint density at radius 3 is 2.64 bits per heavy atom. The predicted octanol–water partition coefficient (Wildman–Crippen LogP) is 3.22. The van der Waals surface area contributed by atoms with E-state index in [0.29, 0.717) is 18.3 Å². The summed E-state index contributed by atoms with van der Waals surface area (Å²) in [6.07, 6.45) is 7.78. The zero-order valence-corrected chi connectivity index (χ0v) is 13.8. The first-order chi connectivity index (χ1) is 10.6. The number of ether oxygens (including phenoxy) is 1. The van der Waals surface area contributed by atoms with Crippen LogP contribution < -0.4 is 0 Å². The van der Waals surface area contributed by atoms with Crippen LogP contribution in [0.2, 0.25) is 0 Å². The zero-order chi connectivity index (χ0) is 16.4. The summed E-state index contributed by atoms with van der Waals surface area (Å²) in [7, 11) is 1.42. The lowest BCUT2D eigenvalue weighted by Crippen LogP contribution is -2.24. The Hall–Kier alpha value is -1.07. The summed E-state index contributed by atoms with van der Waals surface area (Å²) in [5.74, 6) is 0.891. The van der Waals surface area contributed by atoms with Crippen LogP contribution in [-0.4, -0.2) is 30.9 Å². The molecule has 1 rings (SSSR count). The minimum Gasteiger partial charge on any atom is -0.469 e. The summed E-state index contributed by atoms with van der Waals surface area (Å²) in [6, 6.07) is 0. The minimum absolute atomic E-state index is 0.0280. The van der Waals surface area contributed by atoms with E-state index in [1.807, 2.05) is 0 Å². The van der Waals surface area contributed by atoms with Gasteiger partial charge in [-0.2, -0.15) is 4.89 Å². The van der Waals surface area contributed by atoms with Crippen molar-refractivity contribution in [3.05, 3.63) is 12.8 Å². The van der Waals surface area contributed by atoms with Gasteiger partial charge in [0.15, 0.2) is 0 Å². The molecular weight excluding hydrogens is 284 g/mol. The van der Waals surface area contributed by atoms with Crippen molar-refractivity contribution in [2.75, 3.05) is 13.7 Å². The molecule has 22 heavy (non-hydrogen) atoms. The van der Waals surface area contributed by atoms with Gasteiger partial charge in [0.1, 0.15) is 12.4 Å². The topological polar surface area (TPSA) is 65.0 Å². The number of methoxy groups -OCH3 is 1. The lowest BCUT2D eigenvalue weighted by atomic mass is 9.87. The minimum atomic E-state index is -0.139. The molecule has 0 bridgehead atoms. The second-order valence-electron chi connectivity index (χ2n) is 6.15. The van der Waals surface area contributed by atoms with Crippen molar-refractivity contribution in [3.63, 3.8) is 0 Å². The van der Waals surface area contributed by atoms with E-state index in [2.05, 4.69) is 18.2 Å². The van der Waals surface area contributed by atoms with Crippen LogP contribution in [0.25, 0.3) is 0 Å². The lowest BCUT2D eigenvalue weighted by Gasteiger charge is -2.23. The average Bonchev–Trinajstić information content (AvgIpc) is 2.83. The highest BCUT2D eigenvalue weighted by atomic mass is 17.2. The highest BCUT2D eigenvalue weighted by Gasteiger charge is 2.41. The van der Waals surface area contributed by atoms with Gasteiger partial charge in [0.2, 0.25) is 0 Å². The quantitative estimate of drug-likeness (QED) is 0.208. The summed E-state index contributed by atoms with van der Waals surface area (Å²) < 4.78 is 4.62. The van der Waals surface area contributed by atoms with E-state index >= 15 is 0 Å². The van der Waals surface area contributed by atoms with Crippen molar-refractivity contribution in [1.82, 2.24) is 0 Å². The molecule has 0 saturated heterocycles. The number of aliphatic hydroxyl groups excluding tert-OH is 1. The van der Waals surface area contributed by atoms with Crippen LogP contribution in [-0.2, 0) is 19.3 Å². The zero-order valence-electron chi connectivity index (χ0n) is 13.8. The maximum absolute atomic E-state index is 11.0. The molecule has 4 atom stereocenters. The number of unbranched alkanes of at least 4 members (excludes halogenated alkanes) is 3. The first kappa shape index (κ1) is 19.0. The standard InChI is InChI=1S/C17H30O5/c1-4-21-22-16-11-13(2)15(12-18)14(16)9-7-5-6-8-10-17(19)20-3/h4,13-16,18H,1,5-12H2,2-3H3/t13-,14-,15+,16?/m1/s1. The van der Waals surface area contributed by atoms with E-state index in [1.54, 1.807) is 0 Å². The SMILES string of the molecule is C=COOC1C[C@@H](C)[C@H](CO)[C@H]1CCCCCCC(=O)OC. The lowest BCUT2D eigenvalue weighted by molar-refractivity contribution is -0.291. The van der Waals surface area contributed by atoms with Gasteiger partial charge in [-0.3, -0.25) is 4.79 Å². The molecule has 0 aliphatic heterocycles. The highest BCUT2D eigenvalue weighted by molar-refractivity contribution is 5.68. The number of esters is 1. The van der Waals surface area contributed by atoms with Gasteiger partial charge in [0.25, 0.3) is 0 Å². The number of aliphatic hydroxyl groups is 1. The van der Waals surface area contributed by atoms with Gasteiger partial charge < -0.3 is 14.7 Å². The Morgan fingerprint density at radius 1 is 1.27 bits per heavy atom. The van der Waals surface area contributed by atoms with E-state index < -0.39 is 0 Å². The van der Waals surface area contributed by atoms with E-state index in [1.165, 1.54) is 13.4 Å². The van der Waals surface area contributed by atoms with E-state index in [-0.39, 0.29) is 24.6 Å². The van der Waals surface area contributed by atoms with Crippen LogP contribution in [0.1, 0.15) is 51.9 Å². The van der Waals surface area contributed by atoms with Gasteiger partial charge in [-0.15, -0.1) is 0 Å². The van der Waals surface area contributed by atoms with Crippen LogP contribution in [0.3, 0.4) is 0 Å². The number of hydrogen-bond acceptors (Lipinski definition) is 5. The Bertz CT molecular complexity index is 331. The van der Waals surface area contributed by atoms with Crippen molar-refractivity contribution in [2.45, 2.75) is 58.0 Å². The molecule has 1 aliphatic rings. The number of carbonyl (C=O) groups is 1. The first-order valence-electron chi connectivity index (χ1n) is 8.24. The molecule has 0 aromatic rings. The number of rotatable bonds is 11. The van der Waals surface area contributed by atoms with Gasteiger partial charge in [0, 0.05) is 13.0 Å². The molecule has 1 N–H and O–H groups in total. The fourth-order valence-corrected chi connectivity index (χ4v) is 3.46. The van der Waals surface area contributed by atoms with Crippen LogP contribution in [0.4, 0.5) is 0 Å². The monoisotopic (exact) mass is 314 g/mol. The molecule has 1 fully saturated rings. The molecule has 1 unspecified atom stereocenters. The highest BCUT2D eigenvalue weighted by Crippen LogP contribution is 2.41. The maximum Gasteiger partial charge on any atom is 0.305 e. The molecule has 5 nitrogen and oxygen atoms in total. The van der Waals surface area contributed by atoms with Gasteiger partial charge >= 0.3 is 5.97 Å². The van der Waals surface area contributed by atoms with Gasteiger partial charge in [-0.05, 0) is 37.0 Å². The second kappa shape index (κ2) is 10.6. The number of hydrogen-bond donors (Lipinski definition) is 1. The summed E-state index contributed by atoms with van der Waals surface area (Å²) in [5, 5.41) is 9.61. The van der Waals surface area contributed by atoms with Crippen molar-refractivity contribution in [2.24, 2.45) is 17.8 Å². The summed E-state index contributed by atoms with van der Waals surface area (Å²) in [6.45, 7) is 5.84. The van der Waals surface area contributed by atoms with Gasteiger partial charge in [-0.25, -0.2) is 0 Å². The fourth-order valence-electron chi connectivity index (χ4n) is 3.46. The van der Waals surface area contributed by atoms with E-state index in [0.717, 1.165) is 38.5 Å². The van der Waals surface area contributed by atoms with E-state index in [4.69, 9.17) is 9.78 Å². The molecule has 0 radical (unpaired) electrons. The second-order valence-corrected chi connectivity index (χ2v) is 6.15. The molecule has 5 heteroatoms. The maximum atomic E-state index is 11.0. The molecule has 0 aromatic heterocycles. The molecule has 0 amide bonds. The molecule has 128 valence electrons. The Morgan fingerprint density at radius 2 is 2.00 bits per heavy atom. The Labute approximate surface area is 133 Å². The van der Waals surface area contributed by atoms with Gasteiger partial charge in [-0.1, -0.05) is 32.8 Å².